The van der Waals surface area contributed by atoms with E-state index in [1.807, 2.05) is 36.7 Å². The van der Waals surface area contributed by atoms with Crippen molar-refractivity contribution in [1.82, 2.24) is 25.0 Å². The second-order valence-corrected chi connectivity index (χ2v) is 6.76. The van der Waals surface area contributed by atoms with Crippen LogP contribution in [0, 0.1) is 12.8 Å². The van der Waals surface area contributed by atoms with Crippen molar-refractivity contribution in [2.75, 3.05) is 26.8 Å². The van der Waals surface area contributed by atoms with E-state index in [0.717, 1.165) is 43.7 Å². The molecule has 0 radical (unpaired) electrons. The van der Waals surface area contributed by atoms with Crippen LogP contribution < -0.4 is 5.32 Å². The van der Waals surface area contributed by atoms with E-state index in [-0.39, 0.29) is 0 Å². The molecule has 0 amide bonds. The molecule has 2 heterocycles. The number of likely N-dealkylation sites (tertiary alicyclic amines) is 1. The number of guanidine groups is 1. The Balaban J connectivity index is 1.69. The van der Waals surface area contributed by atoms with Crippen LogP contribution in [0.15, 0.2) is 35.3 Å². The lowest BCUT2D eigenvalue weighted by atomic mass is 10.1. The first kappa shape index (κ1) is 18.4. The van der Waals surface area contributed by atoms with Gasteiger partial charge in [-0.15, -0.1) is 10.2 Å². The second-order valence-electron chi connectivity index (χ2n) is 6.76. The summed E-state index contributed by atoms with van der Waals surface area (Å²) in [6.45, 7) is 5.98. The zero-order chi connectivity index (χ0) is 18.4. The number of rotatable bonds is 6. The number of nitrogens with one attached hydrogen (secondary N) is 1. The van der Waals surface area contributed by atoms with Gasteiger partial charge in [0.25, 0.3) is 0 Å². The molecule has 1 unspecified atom stereocenters. The Bertz CT molecular complexity index is 727. The van der Waals surface area contributed by atoms with Gasteiger partial charge in [-0.25, -0.2) is 4.99 Å². The van der Waals surface area contributed by atoms with Gasteiger partial charge in [-0.05, 0) is 18.9 Å². The Labute approximate surface area is 155 Å². The maximum Gasteiger partial charge on any atom is 0.194 e. The minimum atomic E-state index is 0.556. The molecule has 2 aromatic rings. The molecule has 1 aliphatic heterocycles. The molecule has 1 N–H and O–H groups in total. The van der Waals surface area contributed by atoms with Crippen molar-refractivity contribution in [3.8, 4) is 0 Å². The number of aryl methyl sites for hydroxylation is 1. The quantitative estimate of drug-likeness (QED) is 0.631. The molecule has 3 rings (SSSR count). The molecule has 26 heavy (non-hydrogen) atoms. The average molecular weight is 356 g/mol. The number of aliphatic imine (C=N–C) groups is 1. The summed E-state index contributed by atoms with van der Waals surface area (Å²) in [5.74, 6) is 3.29. The Hall–Kier alpha value is -2.41. The van der Waals surface area contributed by atoms with Crippen molar-refractivity contribution in [2.45, 2.75) is 26.4 Å². The van der Waals surface area contributed by atoms with Crippen LogP contribution in [-0.2, 0) is 24.9 Å². The highest BCUT2D eigenvalue weighted by molar-refractivity contribution is 5.80. The monoisotopic (exact) mass is 356 g/mol. The first-order chi connectivity index (χ1) is 12.7. The summed E-state index contributed by atoms with van der Waals surface area (Å²) in [4.78, 5) is 7.17. The number of aromatic nitrogens is 3. The lowest BCUT2D eigenvalue weighted by Gasteiger charge is -2.22. The minimum absolute atomic E-state index is 0.556. The van der Waals surface area contributed by atoms with Gasteiger partial charge in [-0.2, -0.15) is 0 Å². The molecule has 0 bridgehead atoms. The van der Waals surface area contributed by atoms with Gasteiger partial charge in [0.2, 0.25) is 0 Å². The molecule has 0 saturated carbocycles. The molecule has 7 heteroatoms. The van der Waals surface area contributed by atoms with Crippen molar-refractivity contribution >= 4 is 5.96 Å². The number of ether oxygens (including phenoxy) is 1. The Kier molecular flexibility index (Phi) is 6.22. The van der Waals surface area contributed by atoms with E-state index < -0.39 is 0 Å². The van der Waals surface area contributed by atoms with Crippen LogP contribution in [-0.4, -0.2) is 52.4 Å². The van der Waals surface area contributed by atoms with Crippen molar-refractivity contribution in [3.63, 3.8) is 0 Å². The number of methoxy groups -OCH3 is 1. The van der Waals surface area contributed by atoms with Crippen LogP contribution in [0.3, 0.4) is 0 Å². The maximum absolute atomic E-state index is 5.32. The van der Waals surface area contributed by atoms with E-state index in [9.17, 15) is 0 Å². The van der Waals surface area contributed by atoms with Gasteiger partial charge >= 0.3 is 0 Å². The molecule has 0 aliphatic carbocycles. The van der Waals surface area contributed by atoms with Crippen LogP contribution in [0.25, 0.3) is 0 Å². The zero-order valence-corrected chi connectivity index (χ0v) is 15.9. The van der Waals surface area contributed by atoms with Crippen LogP contribution in [0.4, 0.5) is 0 Å². The van der Waals surface area contributed by atoms with E-state index in [0.29, 0.717) is 19.0 Å². The largest absolute Gasteiger partial charge is 0.384 e. The molecule has 1 aliphatic rings. The molecule has 1 aromatic carbocycles. The van der Waals surface area contributed by atoms with Crippen LogP contribution in [0.1, 0.15) is 23.6 Å². The highest BCUT2D eigenvalue weighted by atomic mass is 16.5. The highest BCUT2D eigenvalue weighted by Crippen LogP contribution is 2.17. The van der Waals surface area contributed by atoms with Gasteiger partial charge < -0.3 is 19.5 Å². The standard InChI is InChI=1S/C19H28N6O/c1-15-22-23-18(24(15)2)12-21-19(20-11-16-7-5-4-6-8-16)25-10-9-17(13-25)14-26-3/h4-8,17H,9-14H2,1-3H3,(H,20,21). The van der Waals surface area contributed by atoms with Gasteiger partial charge in [-0.1, -0.05) is 30.3 Å². The summed E-state index contributed by atoms with van der Waals surface area (Å²) >= 11 is 0. The lowest BCUT2D eigenvalue weighted by molar-refractivity contribution is 0.157. The Morgan fingerprint density at radius 2 is 2.12 bits per heavy atom. The zero-order valence-electron chi connectivity index (χ0n) is 15.9. The molecule has 7 nitrogen and oxygen atoms in total. The SMILES string of the molecule is COCC1CCN(C(=NCc2ccccc2)NCc2nnc(C)n2C)C1. The van der Waals surface area contributed by atoms with Crippen molar-refractivity contribution < 1.29 is 4.74 Å². The van der Waals surface area contributed by atoms with E-state index in [4.69, 9.17) is 9.73 Å². The normalized spacial score (nSPS) is 17.7. The predicted octanol–water partition coefficient (Wildman–Crippen LogP) is 1.74. The summed E-state index contributed by atoms with van der Waals surface area (Å²) in [6, 6.07) is 10.3. The third-order valence-corrected chi connectivity index (χ3v) is 4.83. The fourth-order valence-electron chi connectivity index (χ4n) is 3.18. The van der Waals surface area contributed by atoms with E-state index in [1.54, 1.807) is 7.11 Å². The van der Waals surface area contributed by atoms with Gasteiger partial charge in [-0.3, -0.25) is 0 Å². The summed E-state index contributed by atoms with van der Waals surface area (Å²) in [7, 11) is 3.75. The van der Waals surface area contributed by atoms with Crippen LogP contribution in [0.2, 0.25) is 0 Å². The maximum atomic E-state index is 5.32. The fourth-order valence-corrected chi connectivity index (χ4v) is 3.18. The molecule has 1 aromatic heterocycles. The number of hydrogen-bond acceptors (Lipinski definition) is 4. The Morgan fingerprint density at radius 3 is 2.81 bits per heavy atom. The summed E-state index contributed by atoms with van der Waals surface area (Å²) in [5.41, 5.74) is 1.20. The van der Waals surface area contributed by atoms with Crippen LogP contribution >= 0.6 is 0 Å². The van der Waals surface area contributed by atoms with Gasteiger partial charge in [0.15, 0.2) is 11.8 Å². The second kappa shape index (κ2) is 8.80. The summed E-state index contributed by atoms with van der Waals surface area (Å²) in [5, 5.41) is 11.8. The third kappa shape index (κ3) is 4.60. The molecular weight excluding hydrogens is 328 g/mol. The molecule has 1 atom stereocenters. The smallest absolute Gasteiger partial charge is 0.194 e. The molecule has 140 valence electrons. The van der Waals surface area contributed by atoms with Crippen molar-refractivity contribution in [2.24, 2.45) is 18.0 Å². The van der Waals surface area contributed by atoms with E-state index >= 15 is 0 Å². The first-order valence-electron chi connectivity index (χ1n) is 9.08. The minimum Gasteiger partial charge on any atom is -0.384 e. The predicted molar refractivity (Wildman–Crippen MR) is 102 cm³/mol. The van der Waals surface area contributed by atoms with Crippen molar-refractivity contribution in [1.29, 1.82) is 0 Å². The Morgan fingerprint density at radius 1 is 1.31 bits per heavy atom. The molecule has 0 spiro atoms. The highest BCUT2D eigenvalue weighted by Gasteiger charge is 2.25. The topological polar surface area (TPSA) is 67.6 Å². The number of benzene rings is 1. The molecular formula is C19H28N6O. The fraction of sp³-hybridized carbons (Fsp3) is 0.526. The van der Waals surface area contributed by atoms with E-state index in [2.05, 4.69) is 32.5 Å². The van der Waals surface area contributed by atoms with E-state index in [1.165, 1.54) is 5.56 Å². The van der Waals surface area contributed by atoms with Gasteiger partial charge in [0.05, 0.1) is 19.7 Å². The summed E-state index contributed by atoms with van der Waals surface area (Å²) in [6.07, 6.45) is 1.13. The number of nitrogens with zero attached hydrogens (tertiary/aromatic N) is 5. The molecule has 1 fully saturated rings. The van der Waals surface area contributed by atoms with Crippen molar-refractivity contribution in [3.05, 3.63) is 47.5 Å². The lowest BCUT2D eigenvalue weighted by Crippen LogP contribution is -2.40. The number of hydrogen-bond donors (Lipinski definition) is 1. The van der Waals surface area contributed by atoms with Crippen LogP contribution in [0.5, 0.6) is 0 Å². The first-order valence-corrected chi connectivity index (χ1v) is 9.08. The molecule has 1 saturated heterocycles. The average Bonchev–Trinajstić information content (AvgIpc) is 3.24. The summed E-state index contributed by atoms with van der Waals surface area (Å²) < 4.78 is 7.32. The van der Waals surface area contributed by atoms with Gasteiger partial charge in [0.1, 0.15) is 5.82 Å². The third-order valence-electron chi connectivity index (χ3n) is 4.83. The van der Waals surface area contributed by atoms with Gasteiger partial charge in [0, 0.05) is 33.2 Å².